The van der Waals surface area contributed by atoms with Gasteiger partial charge in [-0.05, 0) is 36.8 Å². The summed E-state index contributed by atoms with van der Waals surface area (Å²) in [7, 11) is 0. The summed E-state index contributed by atoms with van der Waals surface area (Å²) in [5.41, 5.74) is 11.6. The molecular weight excluding hydrogens is 400 g/mol. The van der Waals surface area contributed by atoms with E-state index in [2.05, 4.69) is 10.4 Å². The van der Waals surface area contributed by atoms with Crippen LogP contribution in [-0.2, 0) is 0 Å². The molecule has 0 fully saturated rings. The summed E-state index contributed by atoms with van der Waals surface area (Å²) in [4.78, 5) is 22.6. The highest BCUT2D eigenvalue weighted by atomic mass is 16.1. The van der Waals surface area contributed by atoms with E-state index in [1.54, 1.807) is 6.21 Å². The van der Waals surface area contributed by atoms with Crippen LogP contribution in [0.3, 0.4) is 0 Å². The third kappa shape index (κ3) is 3.56. The lowest BCUT2D eigenvalue weighted by molar-refractivity contribution is 0.102. The maximum atomic E-state index is 13.2. The van der Waals surface area contributed by atoms with Crippen LogP contribution in [0, 0.1) is 6.92 Å². The minimum absolute atomic E-state index is 0.173. The van der Waals surface area contributed by atoms with Crippen molar-refractivity contribution in [1.29, 1.82) is 0 Å². The van der Waals surface area contributed by atoms with Gasteiger partial charge in [0.15, 0.2) is 5.65 Å². The average Bonchev–Trinajstić information content (AvgIpc) is 3.08. The van der Waals surface area contributed by atoms with E-state index in [0.29, 0.717) is 27.9 Å². The fraction of sp³-hybridized carbons (Fsp3) is 0.0400. The zero-order valence-corrected chi connectivity index (χ0v) is 17.4. The van der Waals surface area contributed by atoms with Gasteiger partial charge in [0, 0.05) is 5.69 Å². The molecule has 3 N–H and O–H groups in total. The van der Waals surface area contributed by atoms with E-state index >= 15 is 0 Å². The number of nitrogen functional groups attached to an aromatic ring is 1. The number of hydrogen-bond acceptors (Lipinski definition) is 5. The molecule has 0 unspecified atom stereocenters. The number of nitrogens with one attached hydrogen (secondary N) is 1. The monoisotopic (exact) mass is 420 g/mol. The standard InChI is InChI=1S/C25H20N6O/c1-16-11-13-17(14-12-16)15-27-31-23(26)21(25(32)28-18-7-3-2-4-8-18)22-24(31)30-20-10-6-5-9-19(20)29-22/h2-15H,26H2,1H3,(H,28,32)/b27-15+. The lowest BCUT2D eigenvalue weighted by Crippen LogP contribution is -2.14. The van der Waals surface area contributed by atoms with Crippen LogP contribution in [0.2, 0.25) is 0 Å². The van der Waals surface area contributed by atoms with E-state index in [1.165, 1.54) is 4.68 Å². The van der Waals surface area contributed by atoms with Crippen molar-refractivity contribution in [2.75, 3.05) is 11.1 Å². The number of para-hydroxylation sites is 3. The van der Waals surface area contributed by atoms with Crippen LogP contribution in [0.15, 0.2) is 84.0 Å². The van der Waals surface area contributed by atoms with Crippen LogP contribution in [0.1, 0.15) is 21.5 Å². The number of nitrogens with two attached hydrogens (primary N) is 1. The molecule has 5 aromatic rings. The molecule has 2 aromatic heterocycles. The molecule has 7 nitrogen and oxygen atoms in total. The third-order valence-corrected chi connectivity index (χ3v) is 5.13. The smallest absolute Gasteiger partial charge is 0.261 e. The Kier molecular flexibility index (Phi) is 4.84. The molecule has 0 saturated carbocycles. The van der Waals surface area contributed by atoms with Crippen LogP contribution in [0.5, 0.6) is 0 Å². The zero-order valence-electron chi connectivity index (χ0n) is 17.4. The number of amides is 1. The van der Waals surface area contributed by atoms with Crippen molar-refractivity contribution in [3.8, 4) is 0 Å². The number of carbonyl (C=O) groups excluding carboxylic acids is 1. The number of fused-ring (bicyclic) bond motifs is 2. The maximum Gasteiger partial charge on any atom is 0.261 e. The highest BCUT2D eigenvalue weighted by molar-refractivity contribution is 6.16. The zero-order chi connectivity index (χ0) is 22.1. The van der Waals surface area contributed by atoms with Crippen LogP contribution >= 0.6 is 0 Å². The van der Waals surface area contributed by atoms with Crippen LogP contribution < -0.4 is 11.1 Å². The molecule has 0 bridgehead atoms. The molecule has 0 saturated heterocycles. The van der Waals surface area contributed by atoms with E-state index in [0.717, 1.165) is 11.1 Å². The van der Waals surface area contributed by atoms with Gasteiger partial charge in [-0.1, -0.05) is 60.2 Å². The first kappa shape index (κ1) is 19.4. The Morgan fingerprint density at radius 1 is 0.938 bits per heavy atom. The van der Waals surface area contributed by atoms with Crippen LogP contribution in [0.25, 0.3) is 22.2 Å². The second-order valence-electron chi connectivity index (χ2n) is 7.43. The highest BCUT2D eigenvalue weighted by Crippen LogP contribution is 2.28. The van der Waals surface area contributed by atoms with Gasteiger partial charge in [0.05, 0.1) is 17.2 Å². The lowest BCUT2D eigenvalue weighted by atomic mass is 10.2. The first-order valence-electron chi connectivity index (χ1n) is 10.1. The van der Waals surface area contributed by atoms with Crippen molar-refractivity contribution < 1.29 is 4.79 Å². The van der Waals surface area contributed by atoms with Crippen molar-refractivity contribution in [3.05, 3.63) is 95.6 Å². The molecule has 0 aliphatic heterocycles. The molecule has 0 aliphatic carbocycles. The predicted molar refractivity (Wildman–Crippen MR) is 128 cm³/mol. The van der Waals surface area contributed by atoms with E-state index in [9.17, 15) is 4.79 Å². The van der Waals surface area contributed by atoms with E-state index in [1.807, 2.05) is 85.8 Å². The Bertz CT molecular complexity index is 1470. The molecule has 3 aromatic carbocycles. The number of anilines is 2. The van der Waals surface area contributed by atoms with Gasteiger partial charge in [-0.3, -0.25) is 4.79 Å². The summed E-state index contributed by atoms with van der Waals surface area (Å²) in [6, 6.07) is 24.6. The summed E-state index contributed by atoms with van der Waals surface area (Å²) in [6.45, 7) is 2.02. The summed E-state index contributed by atoms with van der Waals surface area (Å²) >= 11 is 0. The van der Waals surface area contributed by atoms with Gasteiger partial charge in [0.1, 0.15) is 16.9 Å². The normalized spacial score (nSPS) is 11.4. The molecule has 5 rings (SSSR count). The van der Waals surface area contributed by atoms with Gasteiger partial charge in [-0.2, -0.15) is 9.78 Å². The number of aryl methyl sites for hydroxylation is 1. The largest absolute Gasteiger partial charge is 0.383 e. The fourth-order valence-electron chi connectivity index (χ4n) is 3.48. The summed E-state index contributed by atoms with van der Waals surface area (Å²) in [5, 5.41) is 7.42. The number of benzene rings is 3. The second-order valence-corrected chi connectivity index (χ2v) is 7.43. The van der Waals surface area contributed by atoms with E-state index < -0.39 is 0 Å². The molecule has 0 spiro atoms. The fourth-order valence-corrected chi connectivity index (χ4v) is 3.48. The Labute approximate surface area is 184 Å². The Morgan fingerprint density at radius 2 is 1.59 bits per heavy atom. The van der Waals surface area contributed by atoms with E-state index in [4.69, 9.17) is 15.7 Å². The first-order valence-corrected chi connectivity index (χ1v) is 10.1. The van der Waals surface area contributed by atoms with Gasteiger partial charge in [-0.15, -0.1) is 0 Å². The average molecular weight is 420 g/mol. The number of carbonyl (C=O) groups is 1. The summed E-state index contributed by atoms with van der Waals surface area (Å²) < 4.78 is 1.47. The van der Waals surface area contributed by atoms with Crippen molar-refractivity contribution in [3.63, 3.8) is 0 Å². The number of aromatic nitrogens is 3. The van der Waals surface area contributed by atoms with Gasteiger partial charge in [0.2, 0.25) is 0 Å². The molecular formula is C25H20N6O. The van der Waals surface area contributed by atoms with Gasteiger partial charge in [-0.25, -0.2) is 9.97 Å². The Hall–Kier alpha value is -4.52. The van der Waals surface area contributed by atoms with Gasteiger partial charge < -0.3 is 11.1 Å². The van der Waals surface area contributed by atoms with Gasteiger partial charge in [0.25, 0.3) is 5.91 Å². The van der Waals surface area contributed by atoms with Gasteiger partial charge >= 0.3 is 0 Å². The molecule has 2 heterocycles. The molecule has 0 aliphatic rings. The lowest BCUT2D eigenvalue weighted by Gasteiger charge is -2.05. The third-order valence-electron chi connectivity index (χ3n) is 5.13. The number of rotatable bonds is 4. The molecule has 0 atom stereocenters. The van der Waals surface area contributed by atoms with Crippen molar-refractivity contribution >= 4 is 45.8 Å². The topological polar surface area (TPSA) is 98.2 Å². The first-order chi connectivity index (χ1) is 15.6. The highest BCUT2D eigenvalue weighted by Gasteiger charge is 2.24. The SMILES string of the molecule is Cc1ccc(/C=N/n2c(N)c(C(=O)Nc3ccccc3)c3nc4ccccc4nc32)cc1. The predicted octanol–water partition coefficient (Wildman–Crippen LogP) is 4.61. The van der Waals surface area contributed by atoms with Crippen molar-refractivity contribution in [2.45, 2.75) is 6.92 Å². The molecule has 1 amide bonds. The minimum atomic E-state index is -0.368. The minimum Gasteiger partial charge on any atom is -0.383 e. The van der Waals surface area contributed by atoms with Crippen LogP contribution in [-0.4, -0.2) is 26.8 Å². The Balaban J connectivity index is 1.67. The molecule has 7 heteroatoms. The van der Waals surface area contributed by atoms with Crippen molar-refractivity contribution in [1.82, 2.24) is 14.6 Å². The number of hydrogen-bond donors (Lipinski definition) is 2. The summed E-state index contributed by atoms with van der Waals surface area (Å²) in [6.07, 6.45) is 1.69. The molecule has 0 radical (unpaired) electrons. The second kappa shape index (κ2) is 7.96. The quantitative estimate of drug-likeness (QED) is 0.415. The maximum absolute atomic E-state index is 13.2. The molecule has 156 valence electrons. The molecule has 32 heavy (non-hydrogen) atoms. The van der Waals surface area contributed by atoms with Crippen molar-refractivity contribution in [2.24, 2.45) is 5.10 Å². The number of nitrogens with zero attached hydrogens (tertiary/aromatic N) is 4. The van der Waals surface area contributed by atoms with Crippen LogP contribution in [0.4, 0.5) is 11.5 Å². The summed E-state index contributed by atoms with van der Waals surface area (Å²) in [5.74, 6) is -0.195. The van der Waals surface area contributed by atoms with E-state index in [-0.39, 0.29) is 17.3 Å². The Morgan fingerprint density at radius 3 is 2.31 bits per heavy atom.